The molecule has 0 spiro atoms. The summed E-state index contributed by atoms with van der Waals surface area (Å²) >= 11 is 6.41. The Morgan fingerprint density at radius 2 is 1.88 bits per heavy atom. The van der Waals surface area contributed by atoms with Crippen LogP contribution in [0.5, 0.6) is 5.75 Å². The average Bonchev–Trinajstić information content (AvgIpc) is 3.30. The maximum Gasteiger partial charge on any atom is 0.338 e. The standard InChI is InChI=1S/C31H26BrN3O6S2/c1-4-40-30(37)27-18(2)33-31-34(28(27)21-8-12-23(42-3)13-9-21)29(36)26(43-31)16-20-7-14-25(24(32)15-20)41-17-19-5-10-22(11-6-19)35(38)39/h5-16,28H,4,17H2,1-3H3/b26-16-/t28-/m1/s1. The van der Waals surface area contributed by atoms with Crippen LogP contribution in [0.1, 0.15) is 36.6 Å². The topological polar surface area (TPSA) is 113 Å². The molecule has 0 saturated heterocycles. The van der Waals surface area contributed by atoms with Gasteiger partial charge in [0.25, 0.3) is 11.2 Å². The van der Waals surface area contributed by atoms with Crippen LogP contribution in [0.4, 0.5) is 5.69 Å². The van der Waals surface area contributed by atoms with Crippen molar-refractivity contribution in [3.63, 3.8) is 0 Å². The molecule has 4 aromatic rings. The Hall–Kier alpha value is -4.00. The van der Waals surface area contributed by atoms with Gasteiger partial charge in [0.15, 0.2) is 4.80 Å². The number of ether oxygens (including phenoxy) is 2. The molecule has 0 unspecified atom stereocenters. The summed E-state index contributed by atoms with van der Waals surface area (Å²) in [5, 5.41) is 10.9. The van der Waals surface area contributed by atoms with Crippen molar-refractivity contribution in [1.29, 1.82) is 0 Å². The third-order valence-electron chi connectivity index (χ3n) is 6.74. The maximum absolute atomic E-state index is 13.9. The molecule has 0 radical (unpaired) electrons. The van der Waals surface area contributed by atoms with Gasteiger partial charge in [-0.2, -0.15) is 0 Å². The lowest BCUT2D eigenvalue weighted by molar-refractivity contribution is -0.384. The number of allylic oxidation sites excluding steroid dienone is 1. The third-order valence-corrected chi connectivity index (χ3v) is 9.09. The number of hydrogen-bond acceptors (Lipinski definition) is 9. The number of rotatable bonds is 9. The number of nitrogens with zero attached hydrogens (tertiary/aromatic N) is 3. The van der Waals surface area contributed by atoms with Gasteiger partial charge in [0.2, 0.25) is 0 Å². The van der Waals surface area contributed by atoms with Crippen molar-refractivity contribution in [1.82, 2.24) is 4.57 Å². The van der Waals surface area contributed by atoms with Crippen molar-refractivity contribution in [3.8, 4) is 5.75 Å². The molecule has 220 valence electrons. The number of nitro groups is 1. The molecule has 0 saturated carbocycles. The van der Waals surface area contributed by atoms with E-state index in [1.54, 1.807) is 54.5 Å². The molecular weight excluding hydrogens is 654 g/mol. The number of nitro benzene ring substituents is 1. The minimum absolute atomic E-state index is 0.0201. The zero-order valence-electron chi connectivity index (χ0n) is 23.4. The van der Waals surface area contributed by atoms with Crippen LogP contribution in [0.25, 0.3) is 6.08 Å². The second-order valence-corrected chi connectivity index (χ2v) is 12.2. The molecule has 3 aromatic carbocycles. The number of esters is 1. The Morgan fingerprint density at radius 3 is 2.51 bits per heavy atom. The summed E-state index contributed by atoms with van der Waals surface area (Å²) in [4.78, 5) is 43.6. The molecule has 5 rings (SSSR count). The average molecular weight is 681 g/mol. The highest BCUT2D eigenvalue weighted by Crippen LogP contribution is 2.32. The lowest BCUT2D eigenvalue weighted by Crippen LogP contribution is -2.39. The Labute approximate surface area is 263 Å². The van der Waals surface area contributed by atoms with Crippen LogP contribution in [-0.4, -0.2) is 28.3 Å². The van der Waals surface area contributed by atoms with Crippen molar-refractivity contribution >= 4 is 56.8 Å². The van der Waals surface area contributed by atoms with Crippen LogP contribution in [-0.2, 0) is 16.1 Å². The number of thioether (sulfide) groups is 1. The number of aromatic nitrogens is 1. The van der Waals surface area contributed by atoms with E-state index in [0.29, 0.717) is 30.8 Å². The first-order valence-electron chi connectivity index (χ1n) is 13.2. The third kappa shape index (κ3) is 6.51. The van der Waals surface area contributed by atoms with Crippen molar-refractivity contribution < 1.29 is 19.2 Å². The second-order valence-electron chi connectivity index (χ2n) is 9.48. The zero-order chi connectivity index (χ0) is 30.7. The van der Waals surface area contributed by atoms with E-state index in [2.05, 4.69) is 20.9 Å². The lowest BCUT2D eigenvalue weighted by Gasteiger charge is -2.24. The van der Waals surface area contributed by atoms with Crippen molar-refractivity contribution in [2.75, 3.05) is 12.9 Å². The highest BCUT2D eigenvalue weighted by atomic mass is 79.9. The minimum Gasteiger partial charge on any atom is -0.488 e. The van der Waals surface area contributed by atoms with Gasteiger partial charge in [-0.1, -0.05) is 29.5 Å². The number of fused-ring (bicyclic) bond motifs is 1. The molecule has 1 aliphatic rings. The Morgan fingerprint density at radius 1 is 1.16 bits per heavy atom. The van der Waals surface area contributed by atoms with Gasteiger partial charge in [-0.3, -0.25) is 19.5 Å². The van der Waals surface area contributed by atoms with Gasteiger partial charge in [0, 0.05) is 17.0 Å². The predicted octanol–water partition coefficient (Wildman–Crippen LogP) is 5.77. The fourth-order valence-corrected chi connectivity index (χ4v) is 6.61. The maximum atomic E-state index is 13.9. The minimum atomic E-state index is -0.671. The summed E-state index contributed by atoms with van der Waals surface area (Å²) in [6.45, 7) is 3.95. The number of thiazole rings is 1. The first-order valence-corrected chi connectivity index (χ1v) is 16.0. The summed E-state index contributed by atoms with van der Waals surface area (Å²) in [6, 6.07) is 18.8. The number of hydrogen-bond donors (Lipinski definition) is 0. The normalized spacial score (nSPS) is 14.7. The summed E-state index contributed by atoms with van der Waals surface area (Å²) < 4.78 is 14.0. The molecule has 1 aliphatic heterocycles. The van der Waals surface area contributed by atoms with Gasteiger partial charge in [-0.25, -0.2) is 9.79 Å². The van der Waals surface area contributed by atoms with E-state index in [4.69, 9.17) is 9.47 Å². The summed E-state index contributed by atoms with van der Waals surface area (Å²) in [5.74, 6) is 0.0885. The molecule has 1 aromatic heterocycles. The molecule has 1 atom stereocenters. The predicted molar refractivity (Wildman–Crippen MR) is 170 cm³/mol. The zero-order valence-corrected chi connectivity index (χ0v) is 26.6. The molecule has 43 heavy (non-hydrogen) atoms. The highest BCUT2D eigenvalue weighted by Gasteiger charge is 2.33. The molecule has 0 fully saturated rings. The molecule has 0 aliphatic carbocycles. The first-order chi connectivity index (χ1) is 20.7. The fourth-order valence-electron chi connectivity index (χ4n) is 4.64. The molecule has 0 amide bonds. The van der Waals surface area contributed by atoms with Crippen LogP contribution < -0.4 is 19.6 Å². The Bertz CT molecular complexity index is 1910. The lowest BCUT2D eigenvalue weighted by atomic mass is 9.96. The first kappa shape index (κ1) is 30.5. The summed E-state index contributed by atoms with van der Waals surface area (Å²) in [7, 11) is 0. The van der Waals surface area contributed by atoms with Gasteiger partial charge < -0.3 is 9.47 Å². The van der Waals surface area contributed by atoms with Crippen LogP contribution in [0.15, 0.2) is 97.2 Å². The van der Waals surface area contributed by atoms with E-state index in [-0.39, 0.29) is 24.5 Å². The van der Waals surface area contributed by atoms with Gasteiger partial charge >= 0.3 is 5.97 Å². The van der Waals surface area contributed by atoms with Gasteiger partial charge in [-0.05, 0) is 95.2 Å². The van der Waals surface area contributed by atoms with E-state index >= 15 is 0 Å². The number of non-ortho nitro benzene ring substituents is 1. The van der Waals surface area contributed by atoms with Crippen molar-refractivity contribution in [3.05, 3.63) is 129 Å². The van der Waals surface area contributed by atoms with Gasteiger partial charge in [-0.15, -0.1) is 11.8 Å². The Kier molecular flexibility index (Phi) is 9.28. The van der Waals surface area contributed by atoms with E-state index < -0.39 is 16.9 Å². The summed E-state index contributed by atoms with van der Waals surface area (Å²) in [5.41, 5.74) is 2.97. The molecule has 12 heteroatoms. The smallest absolute Gasteiger partial charge is 0.338 e. The van der Waals surface area contributed by atoms with Crippen LogP contribution in [0, 0.1) is 10.1 Å². The van der Waals surface area contributed by atoms with Gasteiger partial charge in [0.1, 0.15) is 12.4 Å². The largest absolute Gasteiger partial charge is 0.488 e. The van der Waals surface area contributed by atoms with Crippen molar-refractivity contribution in [2.24, 2.45) is 4.99 Å². The van der Waals surface area contributed by atoms with Crippen LogP contribution in [0.3, 0.4) is 0 Å². The van der Waals surface area contributed by atoms with Crippen LogP contribution >= 0.6 is 39.0 Å². The molecular formula is C31H26BrN3O6S2. The van der Waals surface area contributed by atoms with E-state index in [9.17, 15) is 19.7 Å². The fraction of sp³-hybridized carbons (Fsp3) is 0.194. The number of halogens is 1. The SMILES string of the molecule is CCOC(=O)C1=C(C)N=c2s/c(=C\c3ccc(OCc4ccc([N+](=O)[O-])cc4)c(Br)c3)c(=O)n2[C@@H]1c1ccc(SC)cc1. The highest BCUT2D eigenvalue weighted by molar-refractivity contribution is 9.10. The van der Waals surface area contributed by atoms with E-state index in [0.717, 1.165) is 21.6 Å². The number of carbonyl (C=O) groups excluding carboxylic acids is 1. The monoisotopic (exact) mass is 679 g/mol. The van der Waals surface area contributed by atoms with Crippen molar-refractivity contribution in [2.45, 2.75) is 31.4 Å². The molecule has 0 bridgehead atoms. The second kappa shape index (κ2) is 13.1. The molecule has 2 heterocycles. The van der Waals surface area contributed by atoms with Gasteiger partial charge in [0.05, 0.1) is 37.8 Å². The summed E-state index contributed by atoms with van der Waals surface area (Å²) in [6.07, 6.45) is 3.77. The van der Waals surface area contributed by atoms with E-state index in [1.807, 2.05) is 42.7 Å². The Balaban J connectivity index is 1.48. The van der Waals surface area contributed by atoms with Crippen LogP contribution in [0.2, 0.25) is 0 Å². The number of benzene rings is 3. The van der Waals surface area contributed by atoms with E-state index in [1.165, 1.54) is 23.5 Å². The number of carbonyl (C=O) groups is 1. The molecule has 0 N–H and O–H groups in total. The quantitative estimate of drug-likeness (QED) is 0.0955. The molecule has 9 nitrogen and oxygen atoms in total.